The van der Waals surface area contributed by atoms with Crippen LogP contribution in [0.4, 0.5) is 0 Å². The predicted octanol–water partition coefficient (Wildman–Crippen LogP) is 3.06. The molecule has 3 aromatic rings. The van der Waals surface area contributed by atoms with Crippen LogP contribution >= 0.6 is 15.9 Å². The fourth-order valence-corrected chi connectivity index (χ4v) is 3.31. The number of rotatable bonds is 8. The number of hydrogen-bond acceptors (Lipinski definition) is 7. The van der Waals surface area contributed by atoms with Crippen LogP contribution in [0.2, 0.25) is 0 Å². The molecule has 0 spiro atoms. The van der Waals surface area contributed by atoms with Crippen molar-refractivity contribution in [1.29, 1.82) is 0 Å². The van der Waals surface area contributed by atoms with Crippen molar-refractivity contribution in [2.75, 3.05) is 13.2 Å². The number of para-hydroxylation sites is 1. The van der Waals surface area contributed by atoms with Gasteiger partial charge in [0.15, 0.2) is 17.6 Å². The summed E-state index contributed by atoms with van der Waals surface area (Å²) in [7, 11) is 0. The predicted molar refractivity (Wildman–Crippen MR) is 124 cm³/mol. The second-order valence-corrected chi connectivity index (χ2v) is 7.46. The van der Waals surface area contributed by atoms with E-state index in [9.17, 15) is 14.4 Å². The SMILES string of the molecule is CCOC(=O)[C@@H](C)Oc1cc(Br)c(C=Nn2c(=O)[nH]c3ccccc3c2=O)cc1OCC. The first-order valence-electron chi connectivity index (χ1n) is 9.93. The standard InChI is InChI=1S/C22H22BrN3O6/c1-4-30-18-10-14(16(23)11-19(18)32-13(3)21(28)31-5-2)12-24-26-20(27)15-8-6-7-9-17(15)25-22(26)29/h6-13H,4-5H2,1-3H3,(H,25,29)/t13-/m1/s1. The second kappa shape index (κ2) is 10.3. The number of carbonyl (C=O) groups excluding carboxylic acids is 1. The number of benzene rings is 2. The van der Waals surface area contributed by atoms with Gasteiger partial charge in [-0.05, 0) is 61.0 Å². The molecule has 168 valence electrons. The smallest absolute Gasteiger partial charge is 0.349 e. The summed E-state index contributed by atoms with van der Waals surface area (Å²) >= 11 is 3.42. The van der Waals surface area contributed by atoms with E-state index in [-0.39, 0.29) is 6.61 Å². The number of nitrogens with zero attached hydrogens (tertiary/aromatic N) is 2. The molecule has 2 aromatic carbocycles. The topological polar surface area (TPSA) is 112 Å². The molecule has 0 bridgehead atoms. The van der Waals surface area contributed by atoms with Crippen LogP contribution < -0.4 is 20.7 Å². The van der Waals surface area contributed by atoms with Gasteiger partial charge in [0.2, 0.25) is 0 Å². The van der Waals surface area contributed by atoms with Gasteiger partial charge in [-0.2, -0.15) is 5.10 Å². The Morgan fingerprint density at radius 2 is 1.94 bits per heavy atom. The average Bonchev–Trinajstić information content (AvgIpc) is 2.76. The fourth-order valence-electron chi connectivity index (χ4n) is 2.89. The summed E-state index contributed by atoms with van der Waals surface area (Å²) < 4.78 is 17.6. The summed E-state index contributed by atoms with van der Waals surface area (Å²) in [6, 6.07) is 9.94. The number of H-pyrrole nitrogens is 1. The van der Waals surface area contributed by atoms with Crippen LogP contribution in [-0.4, -0.2) is 41.2 Å². The molecule has 32 heavy (non-hydrogen) atoms. The molecule has 0 amide bonds. The molecule has 3 rings (SSSR count). The van der Waals surface area contributed by atoms with E-state index in [1.807, 2.05) is 6.92 Å². The summed E-state index contributed by atoms with van der Waals surface area (Å²) in [6.45, 7) is 5.70. The van der Waals surface area contributed by atoms with Crippen LogP contribution in [0, 0.1) is 0 Å². The fraction of sp³-hybridized carbons (Fsp3) is 0.273. The second-order valence-electron chi connectivity index (χ2n) is 6.60. The zero-order valence-electron chi connectivity index (χ0n) is 17.8. The van der Waals surface area contributed by atoms with Crippen molar-refractivity contribution in [3.8, 4) is 11.5 Å². The quantitative estimate of drug-likeness (QED) is 0.373. The molecule has 0 radical (unpaired) electrons. The lowest BCUT2D eigenvalue weighted by Gasteiger charge is -2.17. The lowest BCUT2D eigenvalue weighted by Crippen LogP contribution is -2.32. The Kier molecular flexibility index (Phi) is 7.47. The first kappa shape index (κ1) is 23.3. The van der Waals surface area contributed by atoms with Gasteiger partial charge in [0, 0.05) is 10.0 Å². The molecule has 0 saturated carbocycles. The molecule has 1 atom stereocenters. The molecule has 0 aliphatic rings. The molecular weight excluding hydrogens is 482 g/mol. The van der Waals surface area contributed by atoms with Gasteiger partial charge in [0.1, 0.15) is 0 Å². The highest BCUT2D eigenvalue weighted by Crippen LogP contribution is 2.34. The number of fused-ring (bicyclic) bond motifs is 1. The molecular formula is C22H22BrN3O6. The lowest BCUT2D eigenvalue weighted by atomic mass is 10.2. The largest absolute Gasteiger partial charge is 0.490 e. The normalized spacial score (nSPS) is 12.1. The Labute approximate surface area is 191 Å². The van der Waals surface area contributed by atoms with Gasteiger partial charge in [0.05, 0.1) is 30.3 Å². The Hall–Kier alpha value is -3.40. The Balaban J connectivity index is 1.97. The lowest BCUT2D eigenvalue weighted by molar-refractivity contribution is -0.150. The molecule has 0 saturated heterocycles. The van der Waals surface area contributed by atoms with E-state index in [0.29, 0.717) is 39.0 Å². The van der Waals surface area contributed by atoms with Crippen molar-refractivity contribution < 1.29 is 19.0 Å². The number of ether oxygens (including phenoxy) is 3. The van der Waals surface area contributed by atoms with Crippen molar-refractivity contribution in [2.24, 2.45) is 5.10 Å². The van der Waals surface area contributed by atoms with Gasteiger partial charge < -0.3 is 19.2 Å². The van der Waals surface area contributed by atoms with Crippen molar-refractivity contribution in [1.82, 2.24) is 9.66 Å². The van der Waals surface area contributed by atoms with E-state index in [2.05, 4.69) is 26.0 Å². The van der Waals surface area contributed by atoms with Crippen LogP contribution in [0.25, 0.3) is 10.9 Å². The monoisotopic (exact) mass is 503 g/mol. The van der Waals surface area contributed by atoms with E-state index in [1.165, 1.54) is 6.21 Å². The highest BCUT2D eigenvalue weighted by Gasteiger charge is 2.19. The van der Waals surface area contributed by atoms with Gasteiger partial charge in [0.25, 0.3) is 5.56 Å². The Morgan fingerprint density at radius 1 is 1.19 bits per heavy atom. The van der Waals surface area contributed by atoms with E-state index in [0.717, 1.165) is 4.68 Å². The van der Waals surface area contributed by atoms with Crippen LogP contribution in [-0.2, 0) is 9.53 Å². The maximum atomic E-state index is 12.6. The minimum absolute atomic E-state index is 0.247. The van der Waals surface area contributed by atoms with Gasteiger partial charge in [-0.15, -0.1) is 4.68 Å². The third-order valence-corrected chi connectivity index (χ3v) is 5.07. The molecule has 10 heteroatoms. The molecule has 1 aromatic heterocycles. The van der Waals surface area contributed by atoms with Crippen LogP contribution in [0.15, 0.2) is 55.6 Å². The molecule has 0 unspecified atom stereocenters. The van der Waals surface area contributed by atoms with Crippen molar-refractivity contribution in [2.45, 2.75) is 26.9 Å². The van der Waals surface area contributed by atoms with Gasteiger partial charge in [-0.25, -0.2) is 9.59 Å². The van der Waals surface area contributed by atoms with E-state index < -0.39 is 23.3 Å². The van der Waals surface area contributed by atoms with Gasteiger partial charge in [-0.1, -0.05) is 12.1 Å². The minimum Gasteiger partial charge on any atom is -0.490 e. The first-order chi connectivity index (χ1) is 15.3. The van der Waals surface area contributed by atoms with Crippen LogP contribution in [0.3, 0.4) is 0 Å². The number of aromatic amines is 1. The Morgan fingerprint density at radius 3 is 2.66 bits per heavy atom. The van der Waals surface area contributed by atoms with Crippen LogP contribution in [0.1, 0.15) is 26.3 Å². The van der Waals surface area contributed by atoms with E-state index >= 15 is 0 Å². The van der Waals surface area contributed by atoms with E-state index in [1.54, 1.807) is 50.2 Å². The average molecular weight is 504 g/mol. The third kappa shape index (κ3) is 5.08. The number of halogens is 1. The number of hydrogen-bond donors (Lipinski definition) is 1. The molecule has 0 fully saturated rings. The summed E-state index contributed by atoms with van der Waals surface area (Å²) in [5, 5.41) is 4.41. The summed E-state index contributed by atoms with van der Waals surface area (Å²) in [5.74, 6) is 0.205. The number of aromatic nitrogens is 2. The molecule has 0 aliphatic heterocycles. The van der Waals surface area contributed by atoms with Crippen molar-refractivity contribution in [3.63, 3.8) is 0 Å². The van der Waals surface area contributed by atoms with Gasteiger partial charge in [-0.3, -0.25) is 4.79 Å². The number of esters is 1. The molecule has 1 heterocycles. The van der Waals surface area contributed by atoms with Crippen molar-refractivity contribution in [3.05, 3.63) is 67.3 Å². The van der Waals surface area contributed by atoms with Crippen LogP contribution in [0.5, 0.6) is 11.5 Å². The third-order valence-electron chi connectivity index (χ3n) is 4.38. The summed E-state index contributed by atoms with van der Waals surface area (Å²) in [5.41, 5.74) is -0.227. The minimum atomic E-state index is -0.838. The number of nitrogens with one attached hydrogen (secondary N) is 1. The number of carbonyl (C=O) groups is 1. The summed E-state index contributed by atoms with van der Waals surface area (Å²) in [4.78, 5) is 39.5. The zero-order chi connectivity index (χ0) is 23.3. The maximum Gasteiger partial charge on any atom is 0.349 e. The Bertz CT molecular complexity index is 1280. The molecule has 9 nitrogen and oxygen atoms in total. The summed E-state index contributed by atoms with van der Waals surface area (Å²) in [6.07, 6.45) is 0.520. The molecule has 1 N–H and O–H groups in total. The highest BCUT2D eigenvalue weighted by atomic mass is 79.9. The zero-order valence-corrected chi connectivity index (χ0v) is 19.3. The maximum absolute atomic E-state index is 12.6. The van der Waals surface area contributed by atoms with E-state index in [4.69, 9.17) is 14.2 Å². The molecule has 0 aliphatic carbocycles. The first-order valence-corrected chi connectivity index (χ1v) is 10.7. The highest BCUT2D eigenvalue weighted by molar-refractivity contribution is 9.10. The van der Waals surface area contributed by atoms with Crippen molar-refractivity contribution >= 4 is 39.0 Å². The van der Waals surface area contributed by atoms with Gasteiger partial charge >= 0.3 is 11.7 Å².